The second-order valence-corrected chi connectivity index (χ2v) is 25.8. The molecule has 0 unspecified atom stereocenters. The van der Waals surface area contributed by atoms with Gasteiger partial charge in [-0.1, -0.05) is 6.92 Å². The fourth-order valence-corrected chi connectivity index (χ4v) is 12.4. The van der Waals surface area contributed by atoms with Gasteiger partial charge in [-0.05, 0) is 34.1 Å². The van der Waals surface area contributed by atoms with Gasteiger partial charge in [0.05, 0.1) is 18.3 Å². The van der Waals surface area contributed by atoms with E-state index in [4.69, 9.17) is 37.9 Å². The van der Waals surface area contributed by atoms with E-state index in [0.29, 0.717) is 13.8 Å². The maximum absolute atomic E-state index is 12.6. The third kappa shape index (κ3) is 22.4. The Bertz CT molecular complexity index is 3190. The van der Waals surface area contributed by atoms with Crippen LogP contribution in [-0.2, 0) is 169 Å². The summed E-state index contributed by atoms with van der Waals surface area (Å²) < 4.78 is 392. The molecule has 4 fully saturated rings. The smallest absolute Gasteiger partial charge is 0.350 e. The summed E-state index contributed by atoms with van der Waals surface area (Å²) in [5, 5.41) is 0. The molecule has 0 amide bonds. The van der Waals surface area contributed by atoms with Crippen LogP contribution in [0.4, 0.5) is 0 Å². The fourth-order valence-electron chi connectivity index (χ4n) is 7.86. The van der Waals surface area contributed by atoms with Gasteiger partial charge in [0.25, 0.3) is 0 Å². The van der Waals surface area contributed by atoms with E-state index in [1.165, 1.54) is 6.92 Å². The van der Waals surface area contributed by atoms with Crippen molar-refractivity contribution >= 4 is 93.6 Å². The van der Waals surface area contributed by atoms with E-state index < -0.39 is 223 Å². The van der Waals surface area contributed by atoms with Crippen molar-refractivity contribution in [2.45, 2.75) is 164 Å². The van der Waals surface area contributed by atoms with Crippen LogP contribution in [0.5, 0.6) is 0 Å². The summed E-state index contributed by atoms with van der Waals surface area (Å²) in [5.41, 5.74) is 0. The van der Waals surface area contributed by atoms with Crippen LogP contribution in [0.3, 0.4) is 0 Å². The highest BCUT2D eigenvalue weighted by molar-refractivity contribution is 7.82. The van der Waals surface area contributed by atoms with Gasteiger partial charge in [0.15, 0.2) is 49.6 Å². The molecule has 0 aromatic heterocycles. The average Bonchev–Trinajstić information content (AvgIpc) is 3.53. The van der Waals surface area contributed by atoms with Crippen LogP contribution in [0.1, 0.15) is 41.0 Å². The highest BCUT2D eigenvalue weighted by Crippen LogP contribution is 2.41. The first kappa shape index (κ1) is 71.0. The van der Waals surface area contributed by atoms with Crippen LogP contribution < -0.4 is 0 Å². The van der Waals surface area contributed by atoms with Crippen LogP contribution >= 0.6 is 0 Å². The normalized spacial score (nSPS) is 36.1. The predicted octanol–water partition coefficient (Wildman–Crippen LogP) is -5.76. The number of hydrogen-bond donors (Lipinski definition) is 9. The minimum absolute atomic E-state index is 0.0767. The van der Waals surface area contributed by atoms with Gasteiger partial charge in [-0.3, -0.25) is 41.0 Å². The van der Waals surface area contributed by atoms with Crippen molar-refractivity contribution in [2.75, 3.05) is 6.61 Å². The Hall–Kier alpha value is -1.49. The molecule has 474 valence electrons. The van der Waals surface area contributed by atoms with Crippen LogP contribution in [0, 0.1) is 0 Å². The third-order valence-corrected chi connectivity index (χ3v) is 14.6. The zero-order chi connectivity index (χ0) is 61.5. The number of hydrogen-bond acceptors (Lipinski definition) is 35. The van der Waals surface area contributed by atoms with E-state index >= 15 is 0 Å². The molecule has 4 rings (SSSR count). The second-order valence-electron chi connectivity index (χ2n) is 16.4. The molecule has 0 aliphatic carbocycles. The molecule has 0 saturated carbocycles. The Morgan fingerprint density at radius 1 is 0.338 bits per heavy atom. The fraction of sp³-hybridized carbons (Fsp3) is 1.00. The van der Waals surface area contributed by atoms with Crippen molar-refractivity contribution in [1.82, 2.24) is 0 Å². The minimum Gasteiger partial charge on any atom is -0.350 e. The minimum atomic E-state index is -6.29. The molecule has 20 atom stereocenters. The quantitative estimate of drug-likeness (QED) is 0.0330. The molecule has 44 nitrogen and oxygen atoms in total. The standard InChI is InChI=1S/C27H48O44S9/c1-6-7-55-24-20(68-77(43,44)45)16(12(59-24)11(5)63-72(28,29)30)60-25-21(69-78(46,47)48)17(13(8(2)56-25)64-73(31,32)33)61-26-22(70-79(49,50)51)18(14(9(3)57-26)65-74(34,35)36)62-27-23(71-80(52,53)54)19(67-76(40,41)42)15(10(4)58-27)66-75(37,38)39/h8-27H,6-7H2,1-5H3,(H,28,29,30)(H,31,32,33)(H,34,35,36)(H,37,38,39)(H,40,41,42)(H,43,44,45)(H,46,47,48)(H,49,50,51)(H,52,53,54)/t8-,9-,10-,11+,12+,13+,14+,15+,16+,17+,18+,19+,20-,21-,22-,23-,24+,25-,26-,27-/m0/s1. The first-order valence-electron chi connectivity index (χ1n) is 20.9. The Morgan fingerprint density at radius 3 is 0.875 bits per heavy atom. The van der Waals surface area contributed by atoms with Gasteiger partial charge in [0.2, 0.25) is 0 Å². The second kappa shape index (κ2) is 26.2. The predicted molar refractivity (Wildman–Crippen MR) is 236 cm³/mol. The Balaban J connectivity index is 2.02. The Labute approximate surface area is 454 Å². The van der Waals surface area contributed by atoms with Crippen LogP contribution in [-0.4, -0.2) is 246 Å². The molecule has 4 saturated heterocycles. The summed E-state index contributed by atoms with van der Waals surface area (Å²) in [6.07, 6.45) is -54.7. The monoisotopic (exact) mass is 1360 g/mol. The lowest BCUT2D eigenvalue weighted by Crippen LogP contribution is -2.68. The highest BCUT2D eigenvalue weighted by Gasteiger charge is 2.61. The molecular weight excluding hydrogens is 1320 g/mol. The van der Waals surface area contributed by atoms with Crippen LogP contribution in [0.15, 0.2) is 0 Å². The molecule has 0 bridgehead atoms. The summed E-state index contributed by atoms with van der Waals surface area (Å²) >= 11 is 0. The molecule has 0 aromatic rings. The van der Waals surface area contributed by atoms with E-state index in [1.54, 1.807) is 0 Å². The summed E-state index contributed by atoms with van der Waals surface area (Å²) in [4.78, 5) is 0. The van der Waals surface area contributed by atoms with Gasteiger partial charge in [-0.15, -0.1) is 0 Å². The summed E-state index contributed by atoms with van der Waals surface area (Å²) in [6, 6.07) is 0. The van der Waals surface area contributed by atoms with Gasteiger partial charge in [-0.25, -0.2) is 37.6 Å². The first-order valence-corrected chi connectivity index (χ1v) is 33.2. The lowest BCUT2D eigenvalue weighted by molar-refractivity contribution is -0.368. The molecule has 0 radical (unpaired) electrons. The first-order chi connectivity index (χ1) is 35.8. The molecular formula is C27H48O44S9. The van der Waals surface area contributed by atoms with Crippen molar-refractivity contribution in [3.05, 3.63) is 0 Å². The maximum atomic E-state index is 12.6. The van der Waals surface area contributed by atoms with Crippen LogP contribution in [0.25, 0.3) is 0 Å². The van der Waals surface area contributed by atoms with Gasteiger partial charge in [0, 0.05) is 6.61 Å². The zero-order valence-electron chi connectivity index (χ0n) is 39.9. The van der Waals surface area contributed by atoms with Gasteiger partial charge >= 0.3 is 93.6 Å². The number of ether oxygens (including phenoxy) is 8. The van der Waals surface area contributed by atoms with Crippen LogP contribution in [0.2, 0.25) is 0 Å². The third-order valence-electron chi connectivity index (χ3n) is 10.3. The van der Waals surface area contributed by atoms with E-state index in [1.807, 2.05) is 0 Å². The molecule has 53 heteroatoms. The lowest BCUT2D eigenvalue weighted by Gasteiger charge is -2.49. The lowest BCUT2D eigenvalue weighted by atomic mass is 9.96. The maximum Gasteiger partial charge on any atom is 0.397 e. The SMILES string of the molecule is CCCO[C@@H]1O[C@H]([C@@H](C)OS(=O)(=O)O)[C@@H](O[C@@H]2O[C@@H](C)[C@@H](OS(=O)(=O)O)[C@@H](O[C@@H]3O[C@@H](C)[C@@H](OS(=O)(=O)O)[C@@H](O[C@@H]4O[C@@H](C)[C@@H](OS(=O)(=O)O)[C@@H](OS(=O)(=O)O)[C@@H]4OS(=O)(=O)O)[C@@H]3OS(=O)(=O)O)[C@@H]2OS(=O)(=O)O)[C@@H]1OS(=O)(=O)O. The summed E-state index contributed by atoms with van der Waals surface area (Å²) in [7, 11) is -53.9. The van der Waals surface area contributed by atoms with Gasteiger partial charge in [0.1, 0.15) is 54.9 Å². The van der Waals surface area contributed by atoms with Crippen molar-refractivity contribution in [2.24, 2.45) is 0 Å². The molecule has 4 aliphatic rings. The molecule has 0 aromatic carbocycles. The average molecular weight is 1370 g/mol. The highest BCUT2D eigenvalue weighted by atomic mass is 32.3. The van der Waals surface area contributed by atoms with E-state index in [-0.39, 0.29) is 6.42 Å². The zero-order valence-corrected chi connectivity index (χ0v) is 47.3. The molecule has 0 spiro atoms. The molecule has 9 N–H and O–H groups in total. The van der Waals surface area contributed by atoms with Crippen molar-refractivity contribution < 1.29 is 192 Å². The Morgan fingerprint density at radius 2 is 0.588 bits per heavy atom. The largest absolute Gasteiger partial charge is 0.397 e. The van der Waals surface area contributed by atoms with E-state index in [9.17, 15) is 117 Å². The topological polar surface area (TPSA) is 646 Å². The van der Waals surface area contributed by atoms with Crippen molar-refractivity contribution in [3.8, 4) is 0 Å². The van der Waals surface area contributed by atoms with E-state index in [2.05, 4.69) is 37.6 Å². The molecule has 4 aliphatic heterocycles. The number of rotatable bonds is 28. The van der Waals surface area contributed by atoms with Gasteiger partial charge in [-0.2, -0.15) is 75.8 Å². The Kier molecular flexibility index (Phi) is 23.3. The summed E-state index contributed by atoms with van der Waals surface area (Å²) in [5.74, 6) is 0. The van der Waals surface area contributed by atoms with Crippen molar-refractivity contribution in [3.63, 3.8) is 0 Å². The van der Waals surface area contributed by atoms with E-state index in [0.717, 1.165) is 13.8 Å². The van der Waals surface area contributed by atoms with Gasteiger partial charge < -0.3 is 37.9 Å². The van der Waals surface area contributed by atoms with Crippen molar-refractivity contribution in [1.29, 1.82) is 0 Å². The summed E-state index contributed by atoms with van der Waals surface area (Å²) in [6.45, 7) is 3.85. The molecule has 80 heavy (non-hydrogen) atoms. The molecule has 4 heterocycles.